The summed E-state index contributed by atoms with van der Waals surface area (Å²) in [5.74, 6) is 1.61. The highest BCUT2D eigenvalue weighted by atomic mass is 16.1. The van der Waals surface area contributed by atoms with E-state index in [0.717, 1.165) is 43.9 Å². The zero-order valence-corrected chi connectivity index (χ0v) is 17.6. The summed E-state index contributed by atoms with van der Waals surface area (Å²) in [6, 6.07) is 14.7. The summed E-state index contributed by atoms with van der Waals surface area (Å²) >= 11 is 0. The first-order valence-corrected chi connectivity index (χ1v) is 10.9. The zero-order valence-electron chi connectivity index (χ0n) is 17.6. The Morgan fingerprint density at radius 3 is 2.77 bits per heavy atom. The summed E-state index contributed by atoms with van der Waals surface area (Å²) in [5.41, 5.74) is 4.32. The maximum Gasteiger partial charge on any atom is 0.261 e. The Labute approximate surface area is 180 Å². The monoisotopic (exact) mass is 411 g/mol. The molecule has 0 N–H and O–H groups in total. The number of para-hydroxylation sites is 1. The average Bonchev–Trinajstić information content (AvgIpc) is 3.20. The minimum atomic E-state index is 0.0909. The minimum absolute atomic E-state index is 0.0909. The Balaban J connectivity index is 1.31. The number of pyridine rings is 2. The molecule has 0 aliphatic carbocycles. The lowest BCUT2D eigenvalue weighted by Gasteiger charge is -2.43. The van der Waals surface area contributed by atoms with Crippen molar-refractivity contribution < 1.29 is 0 Å². The number of aryl methyl sites for hydroxylation is 1. The molecule has 0 radical (unpaired) electrons. The molecule has 31 heavy (non-hydrogen) atoms. The first kappa shape index (κ1) is 18.5. The van der Waals surface area contributed by atoms with Gasteiger partial charge in [0.05, 0.1) is 11.1 Å². The van der Waals surface area contributed by atoms with E-state index in [1.807, 2.05) is 40.7 Å². The largest absolute Gasteiger partial charge is 0.334 e. The number of fused-ring (bicyclic) bond motifs is 5. The molecule has 4 aromatic rings. The van der Waals surface area contributed by atoms with Gasteiger partial charge in [-0.3, -0.25) is 14.7 Å². The maximum absolute atomic E-state index is 13.3. The highest BCUT2D eigenvalue weighted by Crippen LogP contribution is 2.36. The highest BCUT2D eigenvalue weighted by molar-refractivity contribution is 5.81. The predicted octanol–water partition coefficient (Wildman–Crippen LogP) is 3.42. The standard InChI is InChI=1S/C25H25N5O/c1-28-11-10-27-24(28)21-7-8-22-20-12-17(14-30(22)25(21)31)13-29(16-20)15-19-5-2-4-18-6-3-9-26-23(18)19/h2-11,17,20H,12-16H2,1H3/t17-,20+/m0/s1. The van der Waals surface area contributed by atoms with Crippen LogP contribution >= 0.6 is 0 Å². The van der Waals surface area contributed by atoms with Gasteiger partial charge >= 0.3 is 0 Å². The Hall–Kier alpha value is -3.25. The van der Waals surface area contributed by atoms with Crippen molar-refractivity contribution in [3.8, 4) is 11.4 Å². The second kappa shape index (κ2) is 7.17. The van der Waals surface area contributed by atoms with Crippen LogP contribution in [0.4, 0.5) is 0 Å². The first-order chi connectivity index (χ1) is 15.2. The van der Waals surface area contributed by atoms with E-state index < -0.39 is 0 Å². The zero-order chi connectivity index (χ0) is 20.9. The second-order valence-electron chi connectivity index (χ2n) is 8.93. The van der Waals surface area contributed by atoms with E-state index in [1.54, 1.807) is 6.20 Å². The number of piperidine rings is 1. The summed E-state index contributed by atoms with van der Waals surface area (Å²) in [6.07, 6.45) is 6.66. The van der Waals surface area contributed by atoms with Gasteiger partial charge in [0.25, 0.3) is 5.56 Å². The van der Waals surface area contributed by atoms with Crippen molar-refractivity contribution in [1.29, 1.82) is 0 Å². The number of aromatic nitrogens is 4. The average molecular weight is 412 g/mol. The molecule has 5 heterocycles. The van der Waals surface area contributed by atoms with Crippen molar-refractivity contribution in [2.75, 3.05) is 13.1 Å². The predicted molar refractivity (Wildman–Crippen MR) is 121 cm³/mol. The smallest absolute Gasteiger partial charge is 0.261 e. The number of rotatable bonds is 3. The number of hydrogen-bond donors (Lipinski definition) is 0. The lowest BCUT2D eigenvalue weighted by atomic mass is 9.82. The summed E-state index contributed by atoms with van der Waals surface area (Å²) in [4.78, 5) is 24.9. The van der Waals surface area contributed by atoms with Crippen LogP contribution in [-0.2, 0) is 20.1 Å². The molecule has 6 nitrogen and oxygen atoms in total. The summed E-state index contributed by atoms with van der Waals surface area (Å²) < 4.78 is 3.92. The lowest BCUT2D eigenvalue weighted by Crippen LogP contribution is -2.47. The molecule has 0 saturated carbocycles. The molecule has 1 aromatic carbocycles. The lowest BCUT2D eigenvalue weighted by molar-refractivity contribution is 0.115. The molecule has 1 saturated heterocycles. The van der Waals surface area contributed by atoms with Crippen LogP contribution in [0.1, 0.15) is 23.6 Å². The fraction of sp³-hybridized carbons (Fsp3) is 0.320. The van der Waals surface area contributed by atoms with Crippen molar-refractivity contribution in [2.45, 2.75) is 25.4 Å². The van der Waals surface area contributed by atoms with E-state index in [0.29, 0.717) is 17.4 Å². The summed E-state index contributed by atoms with van der Waals surface area (Å²) in [5, 5.41) is 1.19. The number of imidazole rings is 1. The van der Waals surface area contributed by atoms with Gasteiger partial charge in [-0.05, 0) is 36.1 Å². The van der Waals surface area contributed by atoms with Gasteiger partial charge in [0.2, 0.25) is 0 Å². The van der Waals surface area contributed by atoms with Crippen LogP contribution in [0.5, 0.6) is 0 Å². The van der Waals surface area contributed by atoms with Crippen LogP contribution in [0, 0.1) is 5.92 Å². The van der Waals surface area contributed by atoms with Gasteiger partial charge in [-0.15, -0.1) is 0 Å². The molecule has 2 bridgehead atoms. The van der Waals surface area contributed by atoms with Crippen molar-refractivity contribution >= 4 is 10.9 Å². The molecule has 1 fully saturated rings. The fourth-order valence-electron chi connectivity index (χ4n) is 5.51. The van der Waals surface area contributed by atoms with Crippen molar-refractivity contribution in [3.05, 3.63) is 82.7 Å². The van der Waals surface area contributed by atoms with Gasteiger partial charge in [0.1, 0.15) is 5.82 Å². The third kappa shape index (κ3) is 3.10. The van der Waals surface area contributed by atoms with Crippen LogP contribution in [0.25, 0.3) is 22.3 Å². The van der Waals surface area contributed by atoms with Gasteiger partial charge in [0.15, 0.2) is 0 Å². The Morgan fingerprint density at radius 1 is 1.00 bits per heavy atom. The molecule has 156 valence electrons. The van der Waals surface area contributed by atoms with E-state index in [-0.39, 0.29) is 5.56 Å². The molecule has 2 aliphatic heterocycles. The molecule has 0 unspecified atom stereocenters. The molecule has 3 aromatic heterocycles. The van der Waals surface area contributed by atoms with Crippen LogP contribution < -0.4 is 5.56 Å². The normalized spacial score (nSPS) is 20.7. The summed E-state index contributed by atoms with van der Waals surface area (Å²) in [6.45, 7) is 3.67. The highest BCUT2D eigenvalue weighted by Gasteiger charge is 2.35. The van der Waals surface area contributed by atoms with E-state index >= 15 is 0 Å². The number of hydrogen-bond acceptors (Lipinski definition) is 4. The second-order valence-corrected chi connectivity index (χ2v) is 8.93. The van der Waals surface area contributed by atoms with Gasteiger partial charge < -0.3 is 9.13 Å². The molecule has 2 atom stereocenters. The Morgan fingerprint density at radius 2 is 1.90 bits per heavy atom. The van der Waals surface area contributed by atoms with Gasteiger partial charge in [0, 0.05) is 68.8 Å². The fourth-order valence-corrected chi connectivity index (χ4v) is 5.51. The van der Waals surface area contributed by atoms with Crippen LogP contribution in [0.2, 0.25) is 0 Å². The third-order valence-electron chi connectivity index (χ3n) is 6.85. The van der Waals surface area contributed by atoms with Gasteiger partial charge in [-0.1, -0.05) is 24.3 Å². The Kier molecular flexibility index (Phi) is 4.28. The van der Waals surface area contributed by atoms with E-state index in [1.165, 1.54) is 16.6 Å². The first-order valence-electron chi connectivity index (χ1n) is 10.9. The van der Waals surface area contributed by atoms with Crippen LogP contribution in [-0.4, -0.2) is 37.1 Å². The Bertz CT molecular complexity index is 1330. The minimum Gasteiger partial charge on any atom is -0.334 e. The van der Waals surface area contributed by atoms with Crippen molar-refractivity contribution in [3.63, 3.8) is 0 Å². The molecular formula is C25H25N5O. The van der Waals surface area contributed by atoms with E-state index in [9.17, 15) is 4.79 Å². The van der Waals surface area contributed by atoms with Crippen LogP contribution in [0.3, 0.4) is 0 Å². The number of likely N-dealkylation sites (tertiary alicyclic amines) is 1. The topological polar surface area (TPSA) is 56.0 Å². The van der Waals surface area contributed by atoms with Crippen LogP contribution in [0.15, 0.2) is 65.8 Å². The third-order valence-corrected chi connectivity index (χ3v) is 6.85. The van der Waals surface area contributed by atoms with Gasteiger partial charge in [-0.25, -0.2) is 4.98 Å². The molecule has 0 spiro atoms. The quantitative estimate of drug-likeness (QED) is 0.518. The molecule has 0 amide bonds. The molecule has 6 rings (SSSR count). The van der Waals surface area contributed by atoms with Gasteiger partial charge in [-0.2, -0.15) is 0 Å². The van der Waals surface area contributed by atoms with E-state index in [2.05, 4.69) is 45.2 Å². The molecule has 6 heteroatoms. The number of nitrogens with zero attached hydrogens (tertiary/aromatic N) is 5. The van der Waals surface area contributed by atoms with Crippen molar-refractivity contribution in [1.82, 2.24) is 24.0 Å². The molecule has 2 aliphatic rings. The van der Waals surface area contributed by atoms with Crippen molar-refractivity contribution in [2.24, 2.45) is 13.0 Å². The molecular weight excluding hydrogens is 386 g/mol. The SMILES string of the molecule is Cn1ccnc1-c1ccc2n(c1=O)C[C@H]1C[C@@H]2CN(Cc2cccc3cccnc23)C1. The summed E-state index contributed by atoms with van der Waals surface area (Å²) in [7, 11) is 1.93. The van der Waals surface area contributed by atoms with E-state index in [4.69, 9.17) is 0 Å². The maximum atomic E-state index is 13.3. The number of benzene rings is 1.